The van der Waals surface area contributed by atoms with Crippen molar-refractivity contribution in [2.75, 3.05) is 30.0 Å². The van der Waals surface area contributed by atoms with Crippen LogP contribution in [0.15, 0.2) is 22.7 Å². The number of benzene rings is 1. The van der Waals surface area contributed by atoms with Gasteiger partial charge in [0.15, 0.2) is 0 Å². The highest BCUT2D eigenvalue weighted by atomic mass is 79.9. The van der Waals surface area contributed by atoms with E-state index in [0.717, 1.165) is 4.47 Å². The zero-order valence-corrected chi connectivity index (χ0v) is 12.7. The molecule has 100 valence electrons. The molecule has 8 heteroatoms. The van der Waals surface area contributed by atoms with Crippen LogP contribution < -0.4 is 16.0 Å². The zero-order valence-electron chi connectivity index (χ0n) is 10.4. The molecule has 19 heavy (non-hydrogen) atoms. The first-order valence-corrected chi connectivity index (χ1v) is 6.54. The SMILES string of the molecule is CN(C)c1nc(N)nc(Nc2cc(Br)ccc2Cl)n1. The Hall–Kier alpha value is -1.60. The Labute approximate surface area is 124 Å². The summed E-state index contributed by atoms with van der Waals surface area (Å²) in [6, 6.07) is 5.45. The van der Waals surface area contributed by atoms with Crippen molar-refractivity contribution < 1.29 is 0 Å². The van der Waals surface area contributed by atoms with Crippen LogP contribution in [0, 0.1) is 0 Å². The Kier molecular flexibility index (Phi) is 4.06. The molecule has 0 aliphatic rings. The van der Waals surface area contributed by atoms with E-state index in [9.17, 15) is 0 Å². The van der Waals surface area contributed by atoms with Gasteiger partial charge in [-0.25, -0.2) is 0 Å². The fraction of sp³-hybridized carbons (Fsp3) is 0.182. The molecule has 0 atom stereocenters. The lowest BCUT2D eigenvalue weighted by Gasteiger charge is -2.12. The number of anilines is 4. The van der Waals surface area contributed by atoms with Crippen molar-refractivity contribution >= 4 is 51.1 Å². The average Bonchev–Trinajstić information content (AvgIpc) is 2.33. The smallest absolute Gasteiger partial charge is 0.233 e. The van der Waals surface area contributed by atoms with E-state index < -0.39 is 0 Å². The van der Waals surface area contributed by atoms with E-state index in [-0.39, 0.29) is 5.95 Å². The molecular weight excluding hydrogens is 332 g/mol. The highest BCUT2D eigenvalue weighted by Gasteiger charge is 2.08. The molecule has 0 spiro atoms. The minimum Gasteiger partial charge on any atom is -0.368 e. The van der Waals surface area contributed by atoms with Crippen molar-refractivity contribution in [1.29, 1.82) is 0 Å². The Bertz CT molecular complexity index is 604. The minimum absolute atomic E-state index is 0.146. The van der Waals surface area contributed by atoms with E-state index in [1.165, 1.54) is 0 Å². The summed E-state index contributed by atoms with van der Waals surface area (Å²) in [5, 5.41) is 3.58. The molecule has 2 rings (SSSR count). The maximum Gasteiger partial charge on any atom is 0.233 e. The summed E-state index contributed by atoms with van der Waals surface area (Å²) >= 11 is 9.47. The molecule has 0 saturated heterocycles. The van der Waals surface area contributed by atoms with Crippen LogP contribution in [0.2, 0.25) is 5.02 Å². The van der Waals surface area contributed by atoms with Gasteiger partial charge in [0.25, 0.3) is 0 Å². The Morgan fingerprint density at radius 1 is 1.26 bits per heavy atom. The van der Waals surface area contributed by atoms with Crippen molar-refractivity contribution in [3.63, 3.8) is 0 Å². The largest absolute Gasteiger partial charge is 0.368 e. The van der Waals surface area contributed by atoms with E-state index in [1.807, 2.05) is 26.2 Å². The molecule has 1 aromatic heterocycles. The fourth-order valence-electron chi connectivity index (χ4n) is 1.35. The molecule has 0 aliphatic carbocycles. The molecule has 0 saturated carbocycles. The van der Waals surface area contributed by atoms with Gasteiger partial charge in [0.1, 0.15) is 0 Å². The maximum absolute atomic E-state index is 6.09. The minimum atomic E-state index is 0.146. The Balaban J connectivity index is 2.35. The zero-order chi connectivity index (χ0) is 14.0. The molecule has 2 aromatic rings. The summed E-state index contributed by atoms with van der Waals surface area (Å²) in [4.78, 5) is 14.0. The van der Waals surface area contributed by atoms with E-state index in [4.69, 9.17) is 17.3 Å². The van der Waals surface area contributed by atoms with Crippen molar-refractivity contribution in [3.05, 3.63) is 27.7 Å². The summed E-state index contributed by atoms with van der Waals surface area (Å²) < 4.78 is 0.897. The van der Waals surface area contributed by atoms with Crippen molar-refractivity contribution in [1.82, 2.24) is 15.0 Å². The lowest BCUT2D eigenvalue weighted by Crippen LogP contribution is -2.15. The Morgan fingerprint density at radius 2 is 2.00 bits per heavy atom. The van der Waals surface area contributed by atoms with E-state index in [1.54, 1.807) is 11.0 Å². The number of aromatic nitrogens is 3. The van der Waals surface area contributed by atoms with Gasteiger partial charge in [-0.1, -0.05) is 27.5 Å². The van der Waals surface area contributed by atoms with Crippen LogP contribution in [0.3, 0.4) is 0 Å². The van der Waals surface area contributed by atoms with Crippen LogP contribution in [-0.2, 0) is 0 Å². The quantitative estimate of drug-likeness (QED) is 0.892. The van der Waals surface area contributed by atoms with Crippen LogP contribution in [0.4, 0.5) is 23.5 Å². The van der Waals surface area contributed by atoms with Gasteiger partial charge in [0, 0.05) is 18.6 Å². The molecular formula is C11H12BrClN6. The van der Waals surface area contributed by atoms with Crippen molar-refractivity contribution in [2.24, 2.45) is 0 Å². The van der Waals surface area contributed by atoms with Gasteiger partial charge in [-0.05, 0) is 18.2 Å². The molecule has 6 nitrogen and oxygen atoms in total. The predicted octanol–water partition coefficient (Wildman–Crippen LogP) is 2.68. The highest BCUT2D eigenvalue weighted by Crippen LogP contribution is 2.27. The molecule has 0 amide bonds. The first-order valence-electron chi connectivity index (χ1n) is 5.36. The third-order valence-corrected chi connectivity index (χ3v) is 3.04. The van der Waals surface area contributed by atoms with Crippen molar-refractivity contribution in [2.45, 2.75) is 0 Å². The van der Waals surface area contributed by atoms with Gasteiger partial charge in [0.2, 0.25) is 17.8 Å². The van der Waals surface area contributed by atoms with Crippen LogP contribution in [0.25, 0.3) is 0 Å². The molecule has 1 aromatic carbocycles. The number of nitrogens with zero attached hydrogens (tertiary/aromatic N) is 4. The van der Waals surface area contributed by atoms with E-state index in [0.29, 0.717) is 22.6 Å². The fourth-order valence-corrected chi connectivity index (χ4v) is 1.88. The molecule has 0 aliphatic heterocycles. The number of nitrogens with two attached hydrogens (primary N) is 1. The second kappa shape index (κ2) is 5.58. The number of nitrogen functional groups attached to an aromatic ring is 1. The molecule has 1 heterocycles. The van der Waals surface area contributed by atoms with Gasteiger partial charge in [0.05, 0.1) is 10.7 Å². The second-order valence-corrected chi connectivity index (χ2v) is 5.28. The third-order valence-electron chi connectivity index (χ3n) is 2.22. The first-order chi connectivity index (χ1) is 8.95. The summed E-state index contributed by atoms with van der Waals surface area (Å²) in [6.45, 7) is 0. The monoisotopic (exact) mass is 342 g/mol. The first kappa shape index (κ1) is 13.8. The molecule has 0 fully saturated rings. The van der Waals surface area contributed by atoms with Gasteiger partial charge >= 0.3 is 0 Å². The summed E-state index contributed by atoms with van der Waals surface area (Å²) in [5.41, 5.74) is 6.33. The summed E-state index contributed by atoms with van der Waals surface area (Å²) in [7, 11) is 3.65. The molecule has 3 N–H and O–H groups in total. The number of halogens is 2. The van der Waals surface area contributed by atoms with Gasteiger partial charge < -0.3 is 16.0 Å². The second-order valence-electron chi connectivity index (χ2n) is 3.96. The van der Waals surface area contributed by atoms with Gasteiger partial charge in [-0.15, -0.1) is 0 Å². The summed E-state index contributed by atoms with van der Waals surface area (Å²) in [5.74, 6) is 0.963. The lowest BCUT2D eigenvalue weighted by atomic mass is 10.3. The maximum atomic E-state index is 6.09. The van der Waals surface area contributed by atoms with E-state index in [2.05, 4.69) is 36.2 Å². The van der Waals surface area contributed by atoms with Crippen LogP contribution in [0.5, 0.6) is 0 Å². The number of hydrogen-bond donors (Lipinski definition) is 2. The normalized spacial score (nSPS) is 10.3. The number of rotatable bonds is 3. The molecule has 0 bridgehead atoms. The predicted molar refractivity (Wildman–Crippen MR) is 81.0 cm³/mol. The number of nitrogens with one attached hydrogen (secondary N) is 1. The van der Waals surface area contributed by atoms with Crippen LogP contribution in [-0.4, -0.2) is 29.0 Å². The van der Waals surface area contributed by atoms with Gasteiger partial charge in [-0.3, -0.25) is 0 Å². The average molecular weight is 344 g/mol. The number of hydrogen-bond acceptors (Lipinski definition) is 6. The van der Waals surface area contributed by atoms with Crippen molar-refractivity contribution in [3.8, 4) is 0 Å². The van der Waals surface area contributed by atoms with Gasteiger partial charge in [-0.2, -0.15) is 15.0 Å². The summed E-state index contributed by atoms with van der Waals surface area (Å²) in [6.07, 6.45) is 0. The third kappa shape index (κ3) is 3.45. The molecule has 0 radical (unpaired) electrons. The Morgan fingerprint density at radius 3 is 2.68 bits per heavy atom. The van der Waals surface area contributed by atoms with Crippen LogP contribution in [0.1, 0.15) is 0 Å². The van der Waals surface area contributed by atoms with E-state index >= 15 is 0 Å². The molecule has 0 unspecified atom stereocenters. The lowest BCUT2D eigenvalue weighted by molar-refractivity contribution is 0.969. The highest BCUT2D eigenvalue weighted by molar-refractivity contribution is 9.10. The topological polar surface area (TPSA) is 80.0 Å². The van der Waals surface area contributed by atoms with Crippen LogP contribution >= 0.6 is 27.5 Å². The standard InChI is InChI=1S/C11H12BrClN6/c1-19(2)11-17-9(14)16-10(18-11)15-8-5-6(12)3-4-7(8)13/h3-5H,1-2H3,(H3,14,15,16,17,18).